The van der Waals surface area contributed by atoms with E-state index in [4.69, 9.17) is 5.73 Å². The van der Waals surface area contributed by atoms with Gasteiger partial charge in [0, 0.05) is 6.54 Å². The van der Waals surface area contributed by atoms with E-state index in [1.807, 2.05) is 18.2 Å². The topological polar surface area (TPSA) is 52.9 Å². The predicted octanol–water partition coefficient (Wildman–Crippen LogP) is -1.02. The Balaban J connectivity index is 0.000000963. The second kappa shape index (κ2) is 4.52. The van der Waals surface area contributed by atoms with Crippen molar-refractivity contribution in [1.82, 2.24) is 5.32 Å². The first-order chi connectivity index (χ1) is 7.20. The van der Waals surface area contributed by atoms with Crippen molar-refractivity contribution in [2.45, 2.75) is 19.3 Å². The van der Waals surface area contributed by atoms with Crippen LogP contribution < -0.4 is 63.5 Å². The summed E-state index contributed by atoms with van der Waals surface area (Å²) in [6.45, 7) is 0.806. The third-order valence-electron chi connectivity index (χ3n) is 3.63. The van der Waals surface area contributed by atoms with Crippen LogP contribution in [0.15, 0.2) is 18.2 Å². The standard InChI is InChI=1S/C12H13N2O.Rb/c13-10-2-1-8-6-12(7-9(8)5-10)3-4-14-11(12)15;/h1-2,5,13H,3-4,6-7H2,(H,14,15);/q-1;+1. The second-order valence-corrected chi connectivity index (χ2v) is 4.62. The molecule has 3 rings (SSSR count). The van der Waals surface area contributed by atoms with E-state index in [2.05, 4.69) is 5.32 Å². The number of hydrogen-bond donors (Lipinski definition) is 1. The number of nitrogens with one attached hydrogen (secondary N) is 2. The van der Waals surface area contributed by atoms with E-state index in [0.29, 0.717) is 5.69 Å². The molecule has 16 heavy (non-hydrogen) atoms. The van der Waals surface area contributed by atoms with Gasteiger partial charge < -0.3 is 11.1 Å². The molecule has 1 amide bonds. The summed E-state index contributed by atoms with van der Waals surface area (Å²) in [5.74, 6) is 0.199. The van der Waals surface area contributed by atoms with Gasteiger partial charge in [-0.3, -0.25) is 4.79 Å². The van der Waals surface area contributed by atoms with Gasteiger partial charge in [-0.1, -0.05) is 18.2 Å². The van der Waals surface area contributed by atoms with Crippen molar-refractivity contribution in [3.05, 3.63) is 35.1 Å². The monoisotopic (exact) mass is 286 g/mol. The number of rotatable bonds is 0. The zero-order valence-electron chi connectivity index (χ0n) is 9.47. The Morgan fingerprint density at radius 2 is 2.00 bits per heavy atom. The van der Waals surface area contributed by atoms with Crippen molar-refractivity contribution in [3.8, 4) is 0 Å². The van der Waals surface area contributed by atoms with Gasteiger partial charge >= 0.3 is 58.2 Å². The van der Waals surface area contributed by atoms with E-state index in [-0.39, 0.29) is 69.5 Å². The molecule has 1 fully saturated rings. The molecular formula is C12H13N2ORb. The molecule has 1 aromatic rings. The van der Waals surface area contributed by atoms with Crippen LogP contribution in [0.3, 0.4) is 0 Å². The molecule has 2 N–H and O–H groups in total. The molecule has 1 aromatic carbocycles. The SMILES string of the molecule is [NH-]c1ccc2c(c1)CC1(CCNC1=O)C2.[Rb+]. The molecule has 0 aromatic heterocycles. The Morgan fingerprint density at radius 1 is 1.25 bits per heavy atom. The molecule has 2 aliphatic rings. The number of benzene rings is 1. The summed E-state index contributed by atoms with van der Waals surface area (Å²) in [5.41, 5.74) is 10.4. The van der Waals surface area contributed by atoms with Gasteiger partial charge in [0.1, 0.15) is 0 Å². The smallest absolute Gasteiger partial charge is 0.699 e. The minimum absolute atomic E-state index is 0. The van der Waals surface area contributed by atoms with Crippen LogP contribution in [0.25, 0.3) is 5.73 Å². The zero-order valence-corrected chi connectivity index (χ0v) is 14.4. The number of carbonyl (C=O) groups is 1. The average molecular weight is 287 g/mol. The van der Waals surface area contributed by atoms with Crippen molar-refractivity contribution in [1.29, 1.82) is 0 Å². The normalized spacial score (nSPS) is 26.4. The summed E-state index contributed by atoms with van der Waals surface area (Å²) in [6, 6.07) is 5.71. The van der Waals surface area contributed by atoms with Crippen LogP contribution in [0.5, 0.6) is 0 Å². The molecule has 3 nitrogen and oxygen atoms in total. The second-order valence-electron chi connectivity index (χ2n) is 4.62. The fourth-order valence-corrected chi connectivity index (χ4v) is 2.81. The molecule has 1 unspecified atom stereocenters. The predicted molar refractivity (Wildman–Crippen MR) is 57.9 cm³/mol. The Hall–Kier alpha value is 0.295. The van der Waals surface area contributed by atoms with Crippen LogP contribution in [0.2, 0.25) is 0 Å². The molecule has 1 atom stereocenters. The summed E-state index contributed by atoms with van der Waals surface area (Å²) in [5, 5.41) is 2.92. The van der Waals surface area contributed by atoms with Crippen LogP contribution in [0, 0.1) is 5.41 Å². The van der Waals surface area contributed by atoms with Crippen LogP contribution >= 0.6 is 0 Å². The quantitative estimate of drug-likeness (QED) is 0.652. The van der Waals surface area contributed by atoms with Gasteiger partial charge in [0.15, 0.2) is 0 Å². The summed E-state index contributed by atoms with van der Waals surface area (Å²) in [4.78, 5) is 11.8. The Kier molecular flexibility index (Phi) is 3.60. The van der Waals surface area contributed by atoms with Crippen LogP contribution in [0.4, 0.5) is 5.69 Å². The summed E-state index contributed by atoms with van der Waals surface area (Å²) >= 11 is 0. The van der Waals surface area contributed by atoms with Gasteiger partial charge in [0.05, 0.1) is 5.41 Å². The number of carbonyl (C=O) groups excluding carboxylic acids is 1. The van der Waals surface area contributed by atoms with Gasteiger partial charge in [-0.15, -0.1) is 5.69 Å². The Labute approximate surface area is 144 Å². The molecule has 4 heteroatoms. The third kappa shape index (κ3) is 1.92. The van der Waals surface area contributed by atoms with Crippen molar-refractivity contribution in [3.63, 3.8) is 0 Å². The zero-order chi connectivity index (χ0) is 10.5. The molecule has 0 saturated carbocycles. The van der Waals surface area contributed by atoms with Crippen molar-refractivity contribution >= 4 is 11.6 Å². The largest absolute Gasteiger partial charge is 1.00 e. The van der Waals surface area contributed by atoms with E-state index in [9.17, 15) is 4.79 Å². The van der Waals surface area contributed by atoms with E-state index >= 15 is 0 Å². The number of hydrogen-bond acceptors (Lipinski definition) is 1. The first-order valence-electron chi connectivity index (χ1n) is 5.31. The van der Waals surface area contributed by atoms with Crippen LogP contribution in [-0.4, -0.2) is 12.5 Å². The van der Waals surface area contributed by atoms with E-state index in [1.165, 1.54) is 11.1 Å². The maximum atomic E-state index is 11.8. The van der Waals surface area contributed by atoms with Gasteiger partial charge in [-0.05, 0) is 30.4 Å². The fourth-order valence-electron chi connectivity index (χ4n) is 2.81. The van der Waals surface area contributed by atoms with Crippen molar-refractivity contribution in [2.75, 3.05) is 6.54 Å². The maximum Gasteiger partial charge on any atom is 1.00 e. The molecule has 0 radical (unpaired) electrons. The molecule has 0 bridgehead atoms. The summed E-state index contributed by atoms with van der Waals surface area (Å²) in [7, 11) is 0. The first-order valence-corrected chi connectivity index (χ1v) is 5.31. The Bertz CT molecular complexity index is 447. The van der Waals surface area contributed by atoms with Crippen molar-refractivity contribution in [2.24, 2.45) is 5.41 Å². The fraction of sp³-hybridized carbons (Fsp3) is 0.417. The van der Waals surface area contributed by atoms with Gasteiger partial charge in [0.25, 0.3) is 0 Å². The third-order valence-corrected chi connectivity index (χ3v) is 3.63. The molecular weight excluding hydrogens is 274 g/mol. The maximum absolute atomic E-state index is 11.8. The van der Waals surface area contributed by atoms with Crippen molar-refractivity contribution < 1.29 is 63.0 Å². The molecule has 1 aliphatic heterocycles. The Morgan fingerprint density at radius 3 is 2.69 bits per heavy atom. The van der Waals surface area contributed by atoms with E-state index in [1.54, 1.807) is 0 Å². The minimum Gasteiger partial charge on any atom is -0.699 e. The van der Waals surface area contributed by atoms with Crippen LogP contribution in [-0.2, 0) is 17.6 Å². The average Bonchev–Trinajstić information content (AvgIpc) is 2.71. The molecule has 1 saturated heterocycles. The summed E-state index contributed by atoms with van der Waals surface area (Å²) in [6.07, 6.45) is 2.61. The minimum atomic E-state index is -0.184. The van der Waals surface area contributed by atoms with E-state index < -0.39 is 0 Å². The molecule has 78 valence electrons. The molecule has 1 spiro atoms. The molecule has 1 heterocycles. The van der Waals surface area contributed by atoms with Gasteiger partial charge in [-0.2, -0.15) is 0 Å². The molecule has 1 aliphatic carbocycles. The van der Waals surface area contributed by atoms with Crippen LogP contribution in [0.1, 0.15) is 17.5 Å². The van der Waals surface area contributed by atoms with Gasteiger partial charge in [-0.25, -0.2) is 0 Å². The summed E-state index contributed by atoms with van der Waals surface area (Å²) < 4.78 is 0. The van der Waals surface area contributed by atoms with Gasteiger partial charge in [0.2, 0.25) is 5.91 Å². The number of amides is 1. The first kappa shape index (κ1) is 12.7. The number of fused-ring (bicyclic) bond motifs is 1. The van der Waals surface area contributed by atoms with E-state index in [0.717, 1.165) is 25.8 Å².